The van der Waals surface area contributed by atoms with Crippen LogP contribution in [0.15, 0.2) is 47.6 Å². The van der Waals surface area contributed by atoms with Crippen molar-refractivity contribution in [1.29, 1.82) is 0 Å². The van der Waals surface area contributed by atoms with Crippen molar-refractivity contribution in [3.63, 3.8) is 0 Å². The second-order valence-corrected chi connectivity index (χ2v) is 8.14. The van der Waals surface area contributed by atoms with Crippen molar-refractivity contribution in [2.24, 2.45) is 11.0 Å². The van der Waals surface area contributed by atoms with E-state index in [9.17, 15) is 9.59 Å². The summed E-state index contributed by atoms with van der Waals surface area (Å²) in [6.07, 6.45) is 6.18. The van der Waals surface area contributed by atoms with Crippen LogP contribution in [0.3, 0.4) is 0 Å². The molecule has 1 amide bonds. The molecule has 1 saturated heterocycles. The molecule has 8 heteroatoms. The van der Waals surface area contributed by atoms with Crippen LogP contribution < -0.4 is 10.1 Å². The zero-order valence-electron chi connectivity index (χ0n) is 17.8. The van der Waals surface area contributed by atoms with Gasteiger partial charge in [0.25, 0.3) is 5.91 Å². The molecule has 0 radical (unpaired) electrons. The van der Waals surface area contributed by atoms with E-state index < -0.39 is 5.97 Å². The summed E-state index contributed by atoms with van der Waals surface area (Å²) < 4.78 is 5.67. The normalized spacial score (nSPS) is 17.8. The van der Waals surface area contributed by atoms with Gasteiger partial charge in [-0.25, -0.2) is 0 Å². The maximum Gasteiger partial charge on any atom is 0.303 e. The summed E-state index contributed by atoms with van der Waals surface area (Å²) >= 11 is 0. The SMILES string of the molecule is Cl.O=C(O)CC1COc2ccc(NC(=O)c3ccc(C=NN4CCCCC4)cc3)cc2C1. The maximum absolute atomic E-state index is 12.6. The van der Waals surface area contributed by atoms with Crippen LogP contribution in [0.2, 0.25) is 0 Å². The molecule has 2 aliphatic rings. The van der Waals surface area contributed by atoms with Crippen LogP contribution in [0, 0.1) is 5.92 Å². The third-order valence-electron chi connectivity index (χ3n) is 5.64. The Labute approximate surface area is 193 Å². The lowest BCUT2D eigenvalue weighted by atomic mass is 9.94. The van der Waals surface area contributed by atoms with Crippen molar-refractivity contribution in [1.82, 2.24) is 5.01 Å². The molecule has 7 nitrogen and oxygen atoms in total. The van der Waals surface area contributed by atoms with Gasteiger partial charge >= 0.3 is 5.97 Å². The average Bonchev–Trinajstić information content (AvgIpc) is 2.78. The van der Waals surface area contributed by atoms with E-state index in [0.29, 0.717) is 24.3 Å². The van der Waals surface area contributed by atoms with E-state index in [4.69, 9.17) is 9.84 Å². The first-order valence-electron chi connectivity index (χ1n) is 10.7. The molecule has 2 aromatic rings. The third kappa shape index (κ3) is 6.23. The Bertz CT molecular complexity index is 972. The van der Waals surface area contributed by atoms with E-state index in [1.54, 1.807) is 18.2 Å². The van der Waals surface area contributed by atoms with Gasteiger partial charge in [-0.2, -0.15) is 5.10 Å². The van der Waals surface area contributed by atoms with Gasteiger partial charge in [0.1, 0.15) is 5.75 Å². The predicted octanol–water partition coefficient (Wildman–Crippen LogP) is 4.21. The van der Waals surface area contributed by atoms with Crippen LogP contribution in [0.1, 0.15) is 47.2 Å². The van der Waals surface area contributed by atoms with E-state index in [1.165, 1.54) is 19.3 Å². The molecule has 2 aromatic carbocycles. The molecule has 1 fully saturated rings. The molecule has 2 heterocycles. The standard InChI is InChI=1S/C24H27N3O4.ClH/c28-23(29)13-18-12-20-14-21(8-9-22(20)31-16-18)26-24(30)19-6-4-17(5-7-19)15-25-27-10-2-1-3-11-27;/h4-9,14-15,18H,1-3,10-13,16H2,(H,26,30)(H,28,29);1H. The number of aliphatic carboxylic acids is 1. The van der Waals surface area contributed by atoms with Gasteiger partial charge in [0, 0.05) is 30.3 Å². The summed E-state index contributed by atoms with van der Waals surface area (Å²) in [7, 11) is 0. The van der Waals surface area contributed by atoms with Crippen LogP contribution in [0.4, 0.5) is 5.69 Å². The quantitative estimate of drug-likeness (QED) is 0.634. The Morgan fingerprint density at radius 3 is 2.59 bits per heavy atom. The summed E-state index contributed by atoms with van der Waals surface area (Å²) in [6.45, 7) is 2.40. The highest BCUT2D eigenvalue weighted by Gasteiger charge is 2.22. The topological polar surface area (TPSA) is 91.2 Å². The lowest BCUT2D eigenvalue weighted by Gasteiger charge is -2.24. The van der Waals surface area contributed by atoms with Gasteiger partial charge in [-0.1, -0.05) is 12.1 Å². The molecule has 0 saturated carbocycles. The smallest absolute Gasteiger partial charge is 0.303 e. The number of nitrogens with one attached hydrogen (secondary N) is 1. The van der Waals surface area contributed by atoms with Crippen LogP contribution in [-0.4, -0.2) is 47.9 Å². The van der Waals surface area contributed by atoms with Crippen LogP contribution in [0.5, 0.6) is 5.75 Å². The minimum absolute atomic E-state index is 0. The fourth-order valence-electron chi connectivity index (χ4n) is 3.98. The summed E-state index contributed by atoms with van der Waals surface area (Å²) in [4.78, 5) is 23.6. The Morgan fingerprint density at radius 1 is 1.12 bits per heavy atom. The second-order valence-electron chi connectivity index (χ2n) is 8.14. The number of halogens is 1. The van der Waals surface area contributed by atoms with E-state index in [0.717, 1.165) is 30.0 Å². The van der Waals surface area contributed by atoms with Crippen molar-refractivity contribution in [2.75, 3.05) is 25.0 Å². The lowest BCUT2D eigenvalue weighted by Crippen LogP contribution is -2.24. The number of ether oxygens (including phenoxy) is 1. The molecule has 4 rings (SSSR count). The highest BCUT2D eigenvalue weighted by molar-refractivity contribution is 6.04. The van der Waals surface area contributed by atoms with Gasteiger partial charge in [-0.3, -0.25) is 14.6 Å². The number of nitrogens with zero attached hydrogens (tertiary/aromatic N) is 2. The summed E-state index contributed by atoms with van der Waals surface area (Å²) in [6, 6.07) is 12.8. The van der Waals surface area contributed by atoms with E-state index in [2.05, 4.69) is 15.4 Å². The Kier molecular flexibility index (Phi) is 8.11. The number of fused-ring (bicyclic) bond motifs is 1. The lowest BCUT2D eigenvalue weighted by molar-refractivity contribution is -0.138. The number of amides is 1. The van der Waals surface area contributed by atoms with Crippen molar-refractivity contribution in [3.05, 3.63) is 59.2 Å². The van der Waals surface area contributed by atoms with Crippen LogP contribution in [0.25, 0.3) is 0 Å². The van der Waals surface area contributed by atoms with Gasteiger partial charge in [0.15, 0.2) is 0 Å². The maximum atomic E-state index is 12.6. The number of hydrogen-bond donors (Lipinski definition) is 2. The first-order chi connectivity index (χ1) is 15.1. The molecule has 32 heavy (non-hydrogen) atoms. The zero-order chi connectivity index (χ0) is 21.6. The molecule has 170 valence electrons. The monoisotopic (exact) mass is 457 g/mol. The van der Waals surface area contributed by atoms with Gasteiger partial charge in [-0.05, 0) is 67.1 Å². The minimum Gasteiger partial charge on any atom is -0.493 e. The summed E-state index contributed by atoms with van der Waals surface area (Å²) in [5.74, 6) is -0.337. The highest BCUT2D eigenvalue weighted by Crippen LogP contribution is 2.31. The van der Waals surface area contributed by atoms with Crippen LogP contribution in [-0.2, 0) is 11.2 Å². The summed E-state index contributed by atoms with van der Waals surface area (Å²) in [5.41, 5.74) is 3.10. The first-order valence-corrected chi connectivity index (χ1v) is 10.7. The number of benzene rings is 2. The van der Waals surface area contributed by atoms with Gasteiger partial charge in [0.05, 0.1) is 19.2 Å². The third-order valence-corrected chi connectivity index (χ3v) is 5.64. The van der Waals surface area contributed by atoms with Gasteiger partial charge in [0.2, 0.25) is 0 Å². The zero-order valence-corrected chi connectivity index (χ0v) is 18.6. The molecule has 2 N–H and O–H groups in total. The number of piperidine rings is 1. The van der Waals surface area contributed by atoms with Crippen molar-refractivity contribution in [3.8, 4) is 5.75 Å². The van der Waals surface area contributed by atoms with Crippen molar-refractivity contribution in [2.45, 2.75) is 32.1 Å². The number of carboxylic acid groups (broad SMARTS) is 1. The molecule has 2 aliphatic heterocycles. The fourth-order valence-corrected chi connectivity index (χ4v) is 3.98. The number of rotatable bonds is 6. The van der Waals surface area contributed by atoms with E-state index in [-0.39, 0.29) is 30.7 Å². The fraction of sp³-hybridized carbons (Fsp3) is 0.375. The Balaban J connectivity index is 0.00000289. The summed E-state index contributed by atoms with van der Waals surface area (Å²) in [5, 5.41) is 18.5. The molecule has 1 unspecified atom stereocenters. The van der Waals surface area contributed by atoms with Crippen molar-refractivity contribution >= 4 is 36.2 Å². The Morgan fingerprint density at radius 2 is 1.88 bits per heavy atom. The number of carbonyl (C=O) groups is 2. The molecule has 0 aromatic heterocycles. The average molecular weight is 458 g/mol. The number of hydrazone groups is 1. The van der Waals surface area contributed by atoms with Crippen molar-refractivity contribution < 1.29 is 19.4 Å². The van der Waals surface area contributed by atoms with Gasteiger partial charge < -0.3 is 15.2 Å². The highest BCUT2D eigenvalue weighted by atomic mass is 35.5. The molecular formula is C24H28ClN3O4. The molecule has 0 spiro atoms. The van der Waals surface area contributed by atoms with Gasteiger partial charge in [-0.15, -0.1) is 12.4 Å². The van der Waals surface area contributed by atoms with E-state index >= 15 is 0 Å². The van der Waals surface area contributed by atoms with Crippen LogP contribution >= 0.6 is 12.4 Å². The Hall–Kier alpha value is -3.06. The second kappa shape index (κ2) is 11.0. The number of anilines is 1. The minimum atomic E-state index is -0.828. The molecule has 1 atom stereocenters. The molecule has 0 bridgehead atoms. The number of carbonyl (C=O) groups excluding carboxylic acids is 1. The first kappa shape index (κ1) is 23.6. The molecule has 0 aliphatic carbocycles. The number of carboxylic acids is 1. The number of hydrogen-bond acceptors (Lipinski definition) is 5. The predicted molar refractivity (Wildman–Crippen MR) is 126 cm³/mol. The van der Waals surface area contributed by atoms with E-state index in [1.807, 2.05) is 30.5 Å². The molecular weight excluding hydrogens is 430 g/mol. The largest absolute Gasteiger partial charge is 0.493 e.